The average molecular weight is 213 g/mol. The van der Waals surface area contributed by atoms with Crippen LogP contribution in [0.25, 0.3) is 0 Å². The summed E-state index contributed by atoms with van der Waals surface area (Å²) in [5, 5.41) is 0. The third kappa shape index (κ3) is 3.14. The molecule has 0 aliphatic carbocycles. The van der Waals surface area contributed by atoms with Crippen LogP contribution in [0.2, 0.25) is 0 Å². The molecule has 0 radical (unpaired) electrons. The highest BCUT2D eigenvalue weighted by Gasteiger charge is 2.27. The molecule has 2 aliphatic rings. The van der Waals surface area contributed by atoms with Gasteiger partial charge < -0.3 is 20.3 Å². The maximum Gasteiger partial charge on any atom is 0.0621 e. The van der Waals surface area contributed by atoms with E-state index in [9.17, 15) is 0 Å². The van der Waals surface area contributed by atoms with Crippen molar-refractivity contribution in [2.75, 3.05) is 53.0 Å². The molecule has 2 saturated heterocycles. The minimum Gasteiger partial charge on any atom is -0.379 e. The molecule has 0 aromatic rings. The molecule has 2 unspecified atom stereocenters. The lowest BCUT2D eigenvalue weighted by molar-refractivity contribution is 0.168. The summed E-state index contributed by atoms with van der Waals surface area (Å²) in [4.78, 5) is 4.95. The summed E-state index contributed by atoms with van der Waals surface area (Å²) in [6.45, 7) is 7.53. The Kier molecular flexibility index (Phi) is 3.97. The summed E-state index contributed by atoms with van der Waals surface area (Å²) in [5.74, 6) is 0.549. The van der Waals surface area contributed by atoms with Crippen molar-refractivity contribution in [1.29, 1.82) is 0 Å². The van der Waals surface area contributed by atoms with Crippen molar-refractivity contribution in [1.82, 2.24) is 9.80 Å². The number of likely N-dealkylation sites (N-methyl/N-ethyl adjacent to an activating group) is 1. The van der Waals surface area contributed by atoms with Gasteiger partial charge in [-0.15, -0.1) is 0 Å². The number of hydrogen-bond donors (Lipinski definition) is 1. The zero-order valence-corrected chi connectivity index (χ0v) is 9.69. The molecule has 0 spiro atoms. The summed E-state index contributed by atoms with van der Waals surface area (Å²) in [6, 6.07) is 0.256. The quantitative estimate of drug-likeness (QED) is 0.677. The van der Waals surface area contributed by atoms with Crippen molar-refractivity contribution in [3.63, 3.8) is 0 Å². The summed E-state index contributed by atoms with van der Waals surface area (Å²) in [6.07, 6.45) is 1.28. The van der Waals surface area contributed by atoms with Gasteiger partial charge in [0.05, 0.1) is 13.2 Å². The third-order valence-corrected chi connectivity index (χ3v) is 3.55. The molecule has 0 amide bonds. The predicted molar refractivity (Wildman–Crippen MR) is 60.8 cm³/mol. The molecule has 2 fully saturated rings. The second-order valence-electron chi connectivity index (χ2n) is 4.92. The van der Waals surface area contributed by atoms with Crippen molar-refractivity contribution in [2.45, 2.75) is 12.5 Å². The second-order valence-corrected chi connectivity index (χ2v) is 4.92. The van der Waals surface area contributed by atoms with Crippen LogP contribution >= 0.6 is 0 Å². The van der Waals surface area contributed by atoms with E-state index in [1.807, 2.05) is 0 Å². The predicted octanol–water partition coefficient (Wildman–Crippen LogP) is -0.402. The lowest BCUT2D eigenvalue weighted by atomic mass is 10.0. The van der Waals surface area contributed by atoms with Crippen LogP contribution in [0.5, 0.6) is 0 Å². The molecular formula is C11H23N3O. The van der Waals surface area contributed by atoms with E-state index in [0.717, 1.165) is 19.8 Å². The van der Waals surface area contributed by atoms with Crippen molar-refractivity contribution < 1.29 is 4.74 Å². The van der Waals surface area contributed by atoms with Gasteiger partial charge in [0.15, 0.2) is 0 Å². The Morgan fingerprint density at radius 3 is 2.80 bits per heavy atom. The Labute approximate surface area is 92.4 Å². The third-order valence-electron chi connectivity index (χ3n) is 3.55. The van der Waals surface area contributed by atoms with Gasteiger partial charge in [0.25, 0.3) is 0 Å². The maximum absolute atomic E-state index is 6.00. The average Bonchev–Trinajstić information content (AvgIpc) is 2.48. The van der Waals surface area contributed by atoms with Gasteiger partial charge in [-0.1, -0.05) is 0 Å². The molecule has 0 bridgehead atoms. The van der Waals surface area contributed by atoms with Crippen LogP contribution in [0.4, 0.5) is 0 Å². The first-order valence-electron chi connectivity index (χ1n) is 6.00. The topological polar surface area (TPSA) is 41.7 Å². The number of nitrogens with zero attached hydrogens (tertiary/aromatic N) is 2. The second kappa shape index (κ2) is 5.25. The molecule has 2 aliphatic heterocycles. The minimum atomic E-state index is 0.256. The maximum atomic E-state index is 6.00. The Morgan fingerprint density at radius 1 is 1.20 bits per heavy atom. The number of ether oxygens (including phenoxy) is 1. The first-order valence-corrected chi connectivity index (χ1v) is 6.00. The Morgan fingerprint density at radius 2 is 2.07 bits per heavy atom. The molecule has 0 aromatic carbocycles. The molecule has 2 heterocycles. The van der Waals surface area contributed by atoms with Crippen LogP contribution in [-0.2, 0) is 4.74 Å². The molecule has 4 heteroatoms. The van der Waals surface area contributed by atoms with E-state index in [4.69, 9.17) is 10.5 Å². The molecular weight excluding hydrogens is 190 g/mol. The van der Waals surface area contributed by atoms with Gasteiger partial charge in [-0.3, -0.25) is 0 Å². The van der Waals surface area contributed by atoms with Crippen molar-refractivity contribution in [3.05, 3.63) is 0 Å². The van der Waals surface area contributed by atoms with Crippen LogP contribution in [-0.4, -0.2) is 68.8 Å². The molecule has 88 valence electrons. The van der Waals surface area contributed by atoms with Crippen LogP contribution in [0.3, 0.4) is 0 Å². The molecule has 0 saturated carbocycles. The first kappa shape index (κ1) is 11.3. The fourth-order valence-electron chi connectivity index (χ4n) is 2.42. The highest BCUT2D eigenvalue weighted by molar-refractivity contribution is 4.81. The van der Waals surface area contributed by atoms with Gasteiger partial charge in [0, 0.05) is 31.6 Å². The number of hydrogen-bond acceptors (Lipinski definition) is 4. The van der Waals surface area contributed by atoms with Crippen molar-refractivity contribution in [3.8, 4) is 0 Å². The Hall–Kier alpha value is -0.160. The summed E-state index contributed by atoms with van der Waals surface area (Å²) >= 11 is 0. The molecule has 4 nitrogen and oxygen atoms in total. The van der Waals surface area contributed by atoms with Gasteiger partial charge in [-0.25, -0.2) is 0 Å². The van der Waals surface area contributed by atoms with Gasteiger partial charge >= 0.3 is 0 Å². The number of nitrogens with two attached hydrogens (primary N) is 1. The molecule has 2 atom stereocenters. The van der Waals surface area contributed by atoms with E-state index in [1.165, 1.54) is 32.6 Å². The lowest BCUT2D eigenvalue weighted by Gasteiger charge is -2.24. The van der Waals surface area contributed by atoms with Crippen LogP contribution in [0.15, 0.2) is 0 Å². The zero-order chi connectivity index (χ0) is 10.7. The van der Waals surface area contributed by atoms with E-state index in [1.54, 1.807) is 0 Å². The largest absolute Gasteiger partial charge is 0.379 e. The van der Waals surface area contributed by atoms with E-state index < -0.39 is 0 Å². The van der Waals surface area contributed by atoms with Crippen LogP contribution < -0.4 is 5.73 Å². The highest BCUT2D eigenvalue weighted by Crippen LogP contribution is 2.14. The molecule has 0 aromatic heterocycles. The van der Waals surface area contributed by atoms with Crippen LogP contribution in [0.1, 0.15) is 6.42 Å². The molecule has 15 heavy (non-hydrogen) atoms. The first-order chi connectivity index (χ1) is 7.25. The van der Waals surface area contributed by atoms with Gasteiger partial charge in [-0.2, -0.15) is 0 Å². The van der Waals surface area contributed by atoms with Gasteiger partial charge in [0.2, 0.25) is 0 Å². The van der Waals surface area contributed by atoms with Gasteiger partial charge in [0.1, 0.15) is 0 Å². The smallest absolute Gasteiger partial charge is 0.0621 e. The number of rotatable bonds is 2. The summed E-state index contributed by atoms with van der Waals surface area (Å²) in [5.41, 5.74) is 6.00. The van der Waals surface area contributed by atoms with E-state index >= 15 is 0 Å². The standard InChI is InChI=1S/C11H23N3O/c1-13-3-2-4-14(6-5-13)7-10-8-15-9-11(10)12/h10-11H,2-9,12H2,1H3. The van der Waals surface area contributed by atoms with Crippen LogP contribution in [0, 0.1) is 5.92 Å². The van der Waals surface area contributed by atoms with Crippen molar-refractivity contribution in [2.24, 2.45) is 11.7 Å². The minimum absolute atomic E-state index is 0.256. The van der Waals surface area contributed by atoms with Crippen molar-refractivity contribution >= 4 is 0 Å². The van der Waals surface area contributed by atoms with E-state index in [2.05, 4.69) is 16.8 Å². The fraction of sp³-hybridized carbons (Fsp3) is 1.00. The van der Waals surface area contributed by atoms with E-state index in [0.29, 0.717) is 5.92 Å². The summed E-state index contributed by atoms with van der Waals surface area (Å²) < 4.78 is 5.40. The normalized spacial score (nSPS) is 35.6. The van der Waals surface area contributed by atoms with E-state index in [-0.39, 0.29) is 6.04 Å². The lowest BCUT2D eigenvalue weighted by Crippen LogP contribution is -2.39. The SMILES string of the molecule is CN1CCCN(CC2COCC2N)CC1. The highest BCUT2D eigenvalue weighted by atomic mass is 16.5. The monoisotopic (exact) mass is 213 g/mol. The fourth-order valence-corrected chi connectivity index (χ4v) is 2.42. The Balaban J connectivity index is 1.78. The molecule has 2 N–H and O–H groups in total. The van der Waals surface area contributed by atoms with Gasteiger partial charge in [-0.05, 0) is 26.6 Å². The Bertz CT molecular complexity index is 200. The summed E-state index contributed by atoms with van der Waals surface area (Å²) in [7, 11) is 2.20. The molecule has 2 rings (SSSR count). The zero-order valence-electron chi connectivity index (χ0n) is 9.69.